The highest BCUT2D eigenvalue weighted by molar-refractivity contribution is 7.90. The van der Waals surface area contributed by atoms with Crippen LogP contribution in [0.2, 0.25) is 5.02 Å². The molecule has 1 fully saturated rings. The maximum Gasteiger partial charge on any atom is 0.233 e. The van der Waals surface area contributed by atoms with Crippen LogP contribution < -0.4 is 5.32 Å². The number of hydrogen-bond acceptors (Lipinski definition) is 5. The van der Waals surface area contributed by atoms with Crippen molar-refractivity contribution in [2.75, 3.05) is 18.2 Å². The first-order chi connectivity index (χ1) is 14.3. The number of aliphatic hydroxyl groups is 1. The zero-order valence-corrected chi connectivity index (χ0v) is 18.6. The van der Waals surface area contributed by atoms with Gasteiger partial charge in [0, 0.05) is 31.7 Å². The van der Waals surface area contributed by atoms with Crippen molar-refractivity contribution < 1.29 is 18.3 Å². The molecule has 1 aliphatic rings. The molecule has 0 spiro atoms. The fourth-order valence-corrected chi connectivity index (χ4v) is 5.35. The van der Waals surface area contributed by atoms with Gasteiger partial charge in [0.25, 0.3) is 0 Å². The molecule has 1 aliphatic carbocycles. The van der Waals surface area contributed by atoms with E-state index in [9.17, 15) is 13.2 Å². The molecule has 9 heteroatoms. The molecule has 0 radical (unpaired) electrons. The van der Waals surface area contributed by atoms with Crippen molar-refractivity contribution >= 4 is 33.2 Å². The summed E-state index contributed by atoms with van der Waals surface area (Å²) < 4.78 is 25.4. The summed E-state index contributed by atoms with van der Waals surface area (Å²) in [5.41, 5.74) is 0.705. The molecule has 164 valence electrons. The van der Waals surface area contributed by atoms with Crippen molar-refractivity contribution in [3.8, 4) is 0 Å². The molecule has 1 amide bonds. The molecule has 0 saturated heterocycles. The molecule has 2 aromatic rings. The van der Waals surface area contributed by atoms with Crippen LogP contribution in [-0.2, 0) is 21.2 Å². The Morgan fingerprint density at radius 2 is 2.07 bits per heavy atom. The molecule has 1 saturated carbocycles. The zero-order chi connectivity index (χ0) is 21.7. The standard InChI is InChI=1S/C21H28ClN3O4S/c1-30(28,29)19-8-7-16(14-18(19)22)17(13-15-5-2-3-6-15)21(27)23-20-9-11-25(24-20)10-4-12-26/h7-9,11,14-15,17,26H,2-6,10,12-13H2,1H3,(H,23,24,27). The second-order valence-electron chi connectivity index (χ2n) is 7.93. The third-order valence-corrected chi connectivity index (χ3v) is 7.14. The Kier molecular flexibility index (Phi) is 7.55. The summed E-state index contributed by atoms with van der Waals surface area (Å²) in [5.74, 6) is 0.281. The average Bonchev–Trinajstić information content (AvgIpc) is 3.35. The number of anilines is 1. The van der Waals surface area contributed by atoms with Crippen molar-refractivity contribution in [3.05, 3.63) is 41.0 Å². The predicted octanol–water partition coefficient (Wildman–Crippen LogP) is 3.63. The lowest BCUT2D eigenvalue weighted by molar-refractivity contribution is -0.118. The Hall–Kier alpha value is -1.90. The highest BCUT2D eigenvalue weighted by Gasteiger charge is 2.28. The fourth-order valence-electron chi connectivity index (χ4n) is 4.01. The lowest BCUT2D eigenvalue weighted by Crippen LogP contribution is -2.23. The highest BCUT2D eigenvalue weighted by atomic mass is 35.5. The molecule has 1 atom stereocenters. The summed E-state index contributed by atoms with van der Waals surface area (Å²) in [7, 11) is -3.44. The number of amides is 1. The number of nitrogens with zero attached hydrogens (tertiary/aromatic N) is 2. The quantitative estimate of drug-likeness (QED) is 0.603. The molecule has 2 N–H and O–H groups in total. The molecular weight excluding hydrogens is 426 g/mol. The van der Waals surface area contributed by atoms with Gasteiger partial charge in [0.2, 0.25) is 5.91 Å². The van der Waals surface area contributed by atoms with Gasteiger partial charge in [-0.25, -0.2) is 8.42 Å². The van der Waals surface area contributed by atoms with Crippen molar-refractivity contribution in [1.82, 2.24) is 9.78 Å². The zero-order valence-electron chi connectivity index (χ0n) is 17.1. The minimum atomic E-state index is -3.44. The highest BCUT2D eigenvalue weighted by Crippen LogP contribution is 2.36. The molecule has 1 unspecified atom stereocenters. The Bertz CT molecular complexity index is 984. The molecule has 1 aromatic heterocycles. The van der Waals surface area contributed by atoms with Gasteiger partial charge in [0.1, 0.15) is 0 Å². The van der Waals surface area contributed by atoms with E-state index in [2.05, 4.69) is 10.4 Å². The Morgan fingerprint density at radius 3 is 2.70 bits per heavy atom. The number of halogens is 1. The number of nitrogens with one attached hydrogen (secondary N) is 1. The van der Waals surface area contributed by atoms with E-state index in [-0.39, 0.29) is 22.4 Å². The minimum absolute atomic E-state index is 0.0653. The second-order valence-corrected chi connectivity index (χ2v) is 10.3. The third kappa shape index (κ3) is 5.83. The summed E-state index contributed by atoms with van der Waals surface area (Å²) in [6.45, 7) is 0.648. The molecule has 7 nitrogen and oxygen atoms in total. The summed E-state index contributed by atoms with van der Waals surface area (Å²) >= 11 is 6.24. The Labute approximate surface area is 182 Å². The lowest BCUT2D eigenvalue weighted by atomic mass is 9.87. The van der Waals surface area contributed by atoms with Crippen molar-refractivity contribution in [3.63, 3.8) is 0 Å². The van der Waals surface area contributed by atoms with Crippen LogP contribution in [0.1, 0.15) is 50.0 Å². The molecule has 0 bridgehead atoms. The number of carbonyl (C=O) groups excluding carboxylic acids is 1. The smallest absolute Gasteiger partial charge is 0.233 e. The minimum Gasteiger partial charge on any atom is -0.396 e. The van der Waals surface area contributed by atoms with Gasteiger partial charge in [0.05, 0.1) is 15.8 Å². The van der Waals surface area contributed by atoms with Crippen LogP contribution >= 0.6 is 11.6 Å². The molecule has 1 heterocycles. The van der Waals surface area contributed by atoms with E-state index >= 15 is 0 Å². The number of aromatic nitrogens is 2. The summed E-state index contributed by atoms with van der Waals surface area (Å²) in [5, 5.41) is 16.3. The average molecular weight is 454 g/mol. The summed E-state index contributed by atoms with van der Waals surface area (Å²) in [4.78, 5) is 13.2. The van der Waals surface area contributed by atoms with Crippen LogP contribution in [0.5, 0.6) is 0 Å². The van der Waals surface area contributed by atoms with Crippen LogP contribution in [0.3, 0.4) is 0 Å². The first-order valence-electron chi connectivity index (χ1n) is 10.2. The molecule has 1 aromatic carbocycles. The van der Waals surface area contributed by atoms with Gasteiger partial charge in [-0.15, -0.1) is 0 Å². The monoisotopic (exact) mass is 453 g/mol. The molecule has 0 aliphatic heterocycles. The third-order valence-electron chi connectivity index (χ3n) is 5.56. The van der Waals surface area contributed by atoms with Gasteiger partial charge in [0.15, 0.2) is 15.7 Å². The number of rotatable bonds is 9. The van der Waals surface area contributed by atoms with Gasteiger partial charge >= 0.3 is 0 Å². The number of sulfone groups is 1. The largest absolute Gasteiger partial charge is 0.396 e. The fraction of sp³-hybridized carbons (Fsp3) is 0.524. The van der Waals surface area contributed by atoms with E-state index in [1.54, 1.807) is 29.1 Å². The molecule has 30 heavy (non-hydrogen) atoms. The van der Waals surface area contributed by atoms with Gasteiger partial charge < -0.3 is 10.4 Å². The second kappa shape index (κ2) is 9.94. The maximum atomic E-state index is 13.2. The number of aliphatic hydroxyl groups excluding tert-OH is 1. The van der Waals surface area contributed by atoms with E-state index in [1.807, 2.05) is 0 Å². The van der Waals surface area contributed by atoms with Crippen molar-refractivity contribution in [2.24, 2.45) is 5.92 Å². The first kappa shape index (κ1) is 22.8. The molecular formula is C21H28ClN3O4S. The van der Waals surface area contributed by atoms with E-state index < -0.39 is 15.8 Å². The normalized spacial score (nSPS) is 16.0. The van der Waals surface area contributed by atoms with Gasteiger partial charge in [-0.1, -0.05) is 43.4 Å². The van der Waals surface area contributed by atoms with Crippen LogP contribution in [0.4, 0.5) is 5.82 Å². The Morgan fingerprint density at radius 1 is 1.33 bits per heavy atom. The van der Waals surface area contributed by atoms with Crippen molar-refractivity contribution in [1.29, 1.82) is 0 Å². The topological polar surface area (TPSA) is 101 Å². The Balaban J connectivity index is 1.82. The maximum absolute atomic E-state index is 13.2. The predicted molar refractivity (Wildman–Crippen MR) is 116 cm³/mol. The number of carbonyl (C=O) groups is 1. The summed E-state index contributed by atoms with van der Waals surface area (Å²) in [6.07, 6.45) is 8.67. The van der Waals surface area contributed by atoms with E-state index in [0.29, 0.717) is 36.7 Å². The molecule has 3 rings (SSSR count). The van der Waals surface area contributed by atoms with E-state index in [4.69, 9.17) is 16.7 Å². The number of benzene rings is 1. The van der Waals surface area contributed by atoms with Gasteiger partial charge in [-0.3, -0.25) is 9.48 Å². The van der Waals surface area contributed by atoms with Crippen LogP contribution in [0.15, 0.2) is 35.4 Å². The lowest BCUT2D eigenvalue weighted by Gasteiger charge is -2.21. The first-order valence-corrected chi connectivity index (χ1v) is 12.5. The van der Waals surface area contributed by atoms with Crippen LogP contribution in [-0.4, -0.2) is 42.1 Å². The van der Waals surface area contributed by atoms with Gasteiger partial charge in [-0.05, 0) is 36.5 Å². The van der Waals surface area contributed by atoms with E-state index in [1.165, 1.54) is 18.9 Å². The van der Waals surface area contributed by atoms with E-state index in [0.717, 1.165) is 19.1 Å². The SMILES string of the molecule is CS(=O)(=O)c1ccc(C(CC2CCCC2)C(=O)Nc2ccn(CCCO)n2)cc1Cl. The van der Waals surface area contributed by atoms with Crippen LogP contribution in [0.25, 0.3) is 0 Å². The van der Waals surface area contributed by atoms with Crippen molar-refractivity contribution in [2.45, 2.75) is 55.9 Å². The van der Waals surface area contributed by atoms with Crippen LogP contribution in [0, 0.1) is 5.92 Å². The number of hydrogen-bond donors (Lipinski definition) is 2. The number of aryl methyl sites for hydroxylation is 1. The van der Waals surface area contributed by atoms with Gasteiger partial charge in [-0.2, -0.15) is 5.10 Å². The summed E-state index contributed by atoms with van der Waals surface area (Å²) in [6, 6.07) is 6.48.